The lowest BCUT2D eigenvalue weighted by Gasteiger charge is -2.36. The Kier molecular flexibility index (Phi) is 5.60. The SMILES string of the molecule is CCC1CCC(NC(=O)N2CCN(Cc3ccco3)CC2)CC1. The molecule has 0 spiro atoms. The van der Waals surface area contributed by atoms with E-state index in [2.05, 4.69) is 17.1 Å². The fourth-order valence-electron chi connectivity index (χ4n) is 3.71. The van der Waals surface area contributed by atoms with Crippen LogP contribution in [0.4, 0.5) is 4.79 Å². The van der Waals surface area contributed by atoms with Gasteiger partial charge >= 0.3 is 6.03 Å². The number of amides is 2. The molecule has 2 heterocycles. The number of hydrogen-bond acceptors (Lipinski definition) is 3. The third-order valence-corrected chi connectivity index (χ3v) is 5.37. The quantitative estimate of drug-likeness (QED) is 0.928. The number of carbonyl (C=O) groups is 1. The van der Waals surface area contributed by atoms with Crippen molar-refractivity contribution in [3.8, 4) is 0 Å². The second kappa shape index (κ2) is 7.86. The molecule has 1 aromatic heterocycles. The number of urea groups is 1. The highest BCUT2D eigenvalue weighted by Crippen LogP contribution is 2.26. The largest absolute Gasteiger partial charge is 0.468 e. The van der Waals surface area contributed by atoms with E-state index in [-0.39, 0.29) is 6.03 Å². The van der Waals surface area contributed by atoms with Crippen LogP contribution < -0.4 is 5.32 Å². The molecule has 23 heavy (non-hydrogen) atoms. The first-order chi connectivity index (χ1) is 11.2. The maximum Gasteiger partial charge on any atom is 0.317 e. The van der Waals surface area contributed by atoms with E-state index in [1.54, 1.807) is 6.26 Å². The lowest BCUT2D eigenvalue weighted by molar-refractivity contribution is 0.126. The molecule has 2 aliphatic rings. The summed E-state index contributed by atoms with van der Waals surface area (Å²) in [5.41, 5.74) is 0. The van der Waals surface area contributed by atoms with Crippen molar-refractivity contribution in [2.75, 3.05) is 26.2 Å². The minimum atomic E-state index is 0.127. The number of carbonyl (C=O) groups excluding carboxylic acids is 1. The van der Waals surface area contributed by atoms with Crippen molar-refractivity contribution in [1.82, 2.24) is 15.1 Å². The molecule has 0 radical (unpaired) electrons. The monoisotopic (exact) mass is 319 g/mol. The zero-order chi connectivity index (χ0) is 16.1. The smallest absolute Gasteiger partial charge is 0.317 e. The zero-order valence-corrected chi connectivity index (χ0v) is 14.2. The lowest BCUT2D eigenvalue weighted by Crippen LogP contribution is -2.53. The molecule has 5 heteroatoms. The molecule has 1 aromatic rings. The predicted octanol–water partition coefficient (Wildman–Crippen LogP) is 3.08. The summed E-state index contributed by atoms with van der Waals surface area (Å²) in [4.78, 5) is 16.7. The Balaban J connectivity index is 1.38. The Morgan fingerprint density at radius 3 is 2.57 bits per heavy atom. The van der Waals surface area contributed by atoms with E-state index in [1.165, 1.54) is 19.3 Å². The highest BCUT2D eigenvalue weighted by Gasteiger charge is 2.25. The summed E-state index contributed by atoms with van der Waals surface area (Å²) in [5.74, 6) is 1.86. The first-order valence-corrected chi connectivity index (χ1v) is 9.04. The molecule has 1 aliphatic heterocycles. The van der Waals surface area contributed by atoms with Gasteiger partial charge in [0, 0.05) is 32.2 Å². The van der Waals surface area contributed by atoms with Crippen LogP contribution >= 0.6 is 0 Å². The molecular weight excluding hydrogens is 290 g/mol. The van der Waals surface area contributed by atoms with Crippen LogP contribution in [0.3, 0.4) is 0 Å². The normalized spacial score (nSPS) is 26.2. The molecule has 2 amide bonds. The van der Waals surface area contributed by atoms with Gasteiger partial charge in [-0.2, -0.15) is 0 Å². The van der Waals surface area contributed by atoms with Gasteiger partial charge in [-0.25, -0.2) is 4.79 Å². The molecule has 2 fully saturated rings. The van der Waals surface area contributed by atoms with E-state index < -0.39 is 0 Å². The Bertz CT molecular complexity index is 472. The number of piperazine rings is 1. The summed E-state index contributed by atoms with van der Waals surface area (Å²) in [6, 6.07) is 4.44. The van der Waals surface area contributed by atoms with Gasteiger partial charge < -0.3 is 14.6 Å². The molecule has 3 rings (SSSR count). The van der Waals surface area contributed by atoms with Gasteiger partial charge in [0.2, 0.25) is 0 Å². The summed E-state index contributed by atoms with van der Waals surface area (Å²) in [6.07, 6.45) is 7.80. The maximum absolute atomic E-state index is 12.4. The average molecular weight is 319 g/mol. The molecule has 1 N–H and O–H groups in total. The van der Waals surface area contributed by atoms with Crippen LogP contribution in [0.25, 0.3) is 0 Å². The van der Waals surface area contributed by atoms with Crippen LogP contribution in [0.2, 0.25) is 0 Å². The summed E-state index contributed by atoms with van der Waals surface area (Å²) >= 11 is 0. The van der Waals surface area contributed by atoms with Crippen molar-refractivity contribution in [3.05, 3.63) is 24.2 Å². The Morgan fingerprint density at radius 2 is 1.96 bits per heavy atom. The summed E-state index contributed by atoms with van der Waals surface area (Å²) in [6.45, 7) is 6.54. The molecule has 0 atom stereocenters. The first kappa shape index (κ1) is 16.4. The van der Waals surface area contributed by atoms with E-state index in [1.807, 2.05) is 17.0 Å². The third-order valence-electron chi connectivity index (χ3n) is 5.37. The van der Waals surface area contributed by atoms with Crippen LogP contribution in [0.5, 0.6) is 0 Å². The second-order valence-corrected chi connectivity index (χ2v) is 6.92. The average Bonchev–Trinajstić information content (AvgIpc) is 3.09. The number of hydrogen-bond donors (Lipinski definition) is 1. The molecule has 0 unspecified atom stereocenters. The van der Waals surface area contributed by atoms with Gasteiger partial charge in [0.05, 0.1) is 12.8 Å². The van der Waals surface area contributed by atoms with Gasteiger partial charge in [-0.1, -0.05) is 13.3 Å². The Labute approximate surface area is 139 Å². The highest BCUT2D eigenvalue weighted by molar-refractivity contribution is 5.74. The molecular formula is C18H29N3O2. The Morgan fingerprint density at radius 1 is 1.22 bits per heavy atom. The van der Waals surface area contributed by atoms with Crippen LogP contribution in [0.1, 0.15) is 44.8 Å². The van der Waals surface area contributed by atoms with Crippen LogP contribution in [-0.2, 0) is 6.54 Å². The zero-order valence-electron chi connectivity index (χ0n) is 14.2. The summed E-state index contributed by atoms with van der Waals surface area (Å²) in [5, 5.41) is 3.24. The Hall–Kier alpha value is -1.49. The number of nitrogens with one attached hydrogen (secondary N) is 1. The van der Waals surface area contributed by atoms with Crippen LogP contribution in [0.15, 0.2) is 22.8 Å². The molecule has 5 nitrogen and oxygen atoms in total. The van der Waals surface area contributed by atoms with Crippen molar-refractivity contribution in [2.45, 2.75) is 51.6 Å². The van der Waals surface area contributed by atoms with Crippen LogP contribution in [-0.4, -0.2) is 48.1 Å². The van der Waals surface area contributed by atoms with E-state index in [0.29, 0.717) is 6.04 Å². The molecule has 128 valence electrons. The second-order valence-electron chi connectivity index (χ2n) is 6.92. The van der Waals surface area contributed by atoms with Gasteiger partial charge in [0.25, 0.3) is 0 Å². The fraction of sp³-hybridized carbons (Fsp3) is 0.722. The fourth-order valence-corrected chi connectivity index (χ4v) is 3.71. The van der Waals surface area contributed by atoms with Crippen molar-refractivity contribution in [3.63, 3.8) is 0 Å². The van der Waals surface area contributed by atoms with E-state index in [4.69, 9.17) is 4.42 Å². The van der Waals surface area contributed by atoms with E-state index in [0.717, 1.165) is 57.2 Å². The van der Waals surface area contributed by atoms with Gasteiger partial charge in [-0.15, -0.1) is 0 Å². The standard InChI is InChI=1S/C18H29N3O2/c1-2-15-5-7-16(8-6-15)19-18(22)21-11-9-20(10-12-21)14-17-4-3-13-23-17/h3-4,13,15-16H,2,5-12,14H2,1H3,(H,19,22). The molecule has 1 saturated carbocycles. The highest BCUT2D eigenvalue weighted by atomic mass is 16.3. The summed E-state index contributed by atoms with van der Waals surface area (Å²) in [7, 11) is 0. The van der Waals surface area contributed by atoms with Crippen molar-refractivity contribution in [2.24, 2.45) is 5.92 Å². The van der Waals surface area contributed by atoms with Crippen LogP contribution in [0, 0.1) is 5.92 Å². The van der Waals surface area contributed by atoms with Crippen molar-refractivity contribution >= 4 is 6.03 Å². The molecule has 1 saturated heterocycles. The van der Waals surface area contributed by atoms with Crippen molar-refractivity contribution < 1.29 is 9.21 Å². The van der Waals surface area contributed by atoms with E-state index in [9.17, 15) is 4.79 Å². The van der Waals surface area contributed by atoms with Crippen molar-refractivity contribution in [1.29, 1.82) is 0 Å². The minimum Gasteiger partial charge on any atom is -0.468 e. The molecule has 0 aromatic carbocycles. The number of rotatable bonds is 4. The molecule has 1 aliphatic carbocycles. The van der Waals surface area contributed by atoms with Gasteiger partial charge in [0.1, 0.15) is 5.76 Å². The van der Waals surface area contributed by atoms with Gasteiger partial charge in [-0.3, -0.25) is 4.90 Å². The van der Waals surface area contributed by atoms with Gasteiger partial charge in [-0.05, 0) is 43.7 Å². The van der Waals surface area contributed by atoms with Gasteiger partial charge in [0.15, 0.2) is 0 Å². The summed E-state index contributed by atoms with van der Waals surface area (Å²) < 4.78 is 5.39. The van der Waals surface area contributed by atoms with E-state index >= 15 is 0 Å². The first-order valence-electron chi connectivity index (χ1n) is 9.04. The predicted molar refractivity (Wildman–Crippen MR) is 90.1 cm³/mol. The number of furan rings is 1. The number of nitrogens with zero attached hydrogens (tertiary/aromatic N) is 2. The lowest BCUT2D eigenvalue weighted by atomic mass is 9.84. The third kappa shape index (κ3) is 4.50. The molecule has 0 bridgehead atoms. The topological polar surface area (TPSA) is 48.7 Å². The maximum atomic E-state index is 12.4. The minimum absolute atomic E-state index is 0.127.